The number of hydrogen-bond acceptors (Lipinski definition) is 4. The van der Waals surface area contributed by atoms with Crippen LogP contribution in [0.25, 0.3) is 16.6 Å². The van der Waals surface area contributed by atoms with Gasteiger partial charge in [-0.15, -0.1) is 0 Å². The van der Waals surface area contributed by atoms with Gasteiger partial charge in [-0.2, -0.15) is 0 Å². The van der Waals surface area contributed by atoms with Crippen molar-refractivity contribution in [3.63, 3.8) is 0 Å². The van der Waals surface area contributed by atoms with Crippen LogP contribution in [-0.2, 0) is 10.2 Å². The molecule has 1 heterocycles. The Hall–Kier alpha value is -3.38. The molecule has 4 fully saturated rings. The Morgan fingerprint density at radius 2 is 1.50 bits per heavy atom. The van der Waals surface area contributed by atoms with Crippen LogP contribution in [-0.4, -0.2) is 21.2 Å². The van der Waals surface area contributed by atoms with Gasteiger partial charge in [0.25, 0.3) is 5.56 Å². The van der Waals surface area contributed by atoms with Crippen LogP contribution in [0.2, 0.25) is 0 Å². The van der Waals surface area contributed by atoms with Gasteiger partial charge in [0, 0.05) is 5.69 Å². The van der Waals surface area contributed by atoms with E-state index in [0.29, 0.717) is 21.5 Å². The van der Waals surface area contributed by atoms with Gasteiger partial charge in [0.15, 0.2) is 5.16 Å². The first kappa shape index (κ1) is 23.7. The predicted octanol–water partition coefficient (Wildman–Crippen LogP) is 6.58. The van der Waals surface area contributed by atoms with E-state index >= 15 is 0 Å². The number of hydrogen-bond donors (Lipinski definition) is 1. The molecule has 4 aromatic rings. The second-order valence-corrected chi connectivity index (χ2v) is 12.4. The first-order valence-electron chi connectivity index (χ1n) is 13.7. The SMILES string of the molecule is O=C(CSc1nc2ccccc2c(=O)n1-c1ccccc1)Nc1ccc(C23CC4CC(CC(C4)C2)C3)cc1. The summed E-state index contributed by atoms with van der Waals surface area (Å²) in [6, 6.07) is 25.4. The number of aromatic nitrogens is 2. The Bertz CT molecular complexity index is 1530. The molecule has 1 N–H and O–H groups in total. The van der Waals surface area contributed by atoms with Crippen molar-refractivity contribution in [2.24, 2.45) is 17.8 Å². The molecule has 192 valence electrons. The number of rotatable bonds is 6. The summed E-state index contributed by atoms with van der Waals surface area (Å²) in [6.07, 6.45) is 8.33. The minimum atomic E-state index is -0.134. The molecule has 4 saturated carbocycles. The van der Waals surface area contributed by atoms with Crippen molar-refractivity contribution < 1.29 is 4.79 Å². The summed E-state index contributed by atoms with van der Waals surface area (Å²) in [6.45, 7) is 0. The van der Waals surface area contributed by atoms with E-state index in [1.165, 1.54) is 55.9 Å². The lowest BCUT2D eigenvalue weighted by atomic mass is 9.48. The van der Waals surface area contributed by atoms with Gasteiger partial charge >= 0.3 is 0 Å². The van der Waals surface area contributed by atoms with Crippen LogP contribution in [0.3, 0.4) is 0 Å². The van der Waals surface area contributed by atoms with E-state index in [4.69, 9.17) is 4.98 Å². The monoisotopic (exact) mass is 521 g/mol. The molecule has 0 aliphatic heterocycles. The maximum absolute atomic E-state index is 13.4. The molecule has 6 heteroatoms. The molecule has 1 aromatic heterocycles. The number of para-hydroxylation sites is 2. The Morgan fingerprint density at radius 3 is 2.18 bits per heavy atom. The number of benzene rings is 3. The first-order chi connectivity index (χ1) is 18.6. The average Bonchev–Trinajstić information content (AvgIpc) is 2.92. The molecule has 3 aromatic carbocycles. The first-order valence-corrected chi connectivity index (χ1v) is 14.7. The summed E-state index contributed by atoms with van der Waals surface area (Å²) < 4.78 is 1.60. The largest absolute Gasteiger partial charge is 0.325 e. The van der Waals surface area contributed by atoms with E-state index in [-0.39, 0.29) is 17.2 Å². The van der Waals surface area contributed by atoms with Gasteiger partial charge in [-0.3, -0.25) is 14.2 Å². The number of carbonyl (C=O) groups is 1. The molecule has 4 aliphatic carbocycles. The fourth-order valence-electron chi connectivity index (χ4n) is 7.71. The second-order valence-electron chi connectivity index (χ2n) is 11.5. The predicted molar refractivity (Wildman–Crippen MR) is 153 cm³/mol. The van der Waals surface area contributed by atoms with Crippen molar-refractivity contribution in [2.45, 2.75) is 49.1 Å². The third kappa shape index (κ3) is 4.25. The van der Waals surface area contributed by atoms with E-state index in [9.17, 15) is 9.59 Å². The van der Waals surface area contributed by atoms with E-state index < -0.39 is 0 Å². The van der Waals surface area contributed by atoms with Crippen LogP contribution in [0.4, 0.5) is 5.69 Å². The fraction of sp³-hybridized carbons (Fsp3) is 0.344. The van der Waals surface area contributed by atoms with E-state index in [1.807, 2.05) is 48.5 Å². The summed E-state index contributed by atoms with van der Waals surface area (Å²) in [5.41, 5.74) is 3.86. The molecule has 0 unspecified atom stereocenters. The quantitative estimate of drug-likeness (QED) is 0.230. The molecule has 38 heavy (non-hydrogen) atoms. The van der Waals surface area contributed by atoms with Crippen molar-refractivity contribution in [3.8, 4) is 5.69 Å². The zero-order valence-corrected chi connectivity index (χ0v) is 22.1. The van der Waals surface area contributed by atoms with Gasteiger partial charge in [0.1, 0.15) is 0 Å². The maximum Gasteiger partial charge on any atom is 0.266 e. The number of thioether (sulfide) groups is 1. The lowest BCUT2D eigenvalue weighted by Crippen LogP contribution is -2.48. The molecule has 0 saturated heterocycles. The number of anilines is 1. The molecule has 8 rings (SSSR count). The van der Waals surface area contributed by atoms with Crippen molar-refractivity contribution >= 4 is 34.3 Å². The van der Waals surface area contributed by atoms with Crippen molar-refractivity contribution in [2.75, 3.05) is 11.1 Å². The third-order valence-electron chi connectivity index (χ3n) is 8.91. The molecule has 1 amide bonds. The average molecular weight is 522 g/mol. The highest BCUT2D eigenvalue weighted by molar-refractivity contribution is 7.99. The third-order valence-corrected chi connectivity index (χ3v) is 9.85. The Morgan fingerprint density at radius 1 is 0.868 bits per heavy atom. The molecule has 0 radical (unpaired) electrons. The van der Waals surface area contributed by atoms with Gasteiger partial charge in [-0.25, -0.2) is 4.98 Å². The normalized spacial score (nSPS) is 25.5. The number of carbonyl (C=O) groups excluding carboxylic acids is 1. The van der Waals surface area contributed by atoms with Crippen LogP contribution >= 0.6 is 11.8 Å². The maximum atomic E-state index is 13.4. The van der Waals surface area contributed by atoms with E-state index in [0.717, 1.165) is 29.1 Å². The smallest absolute Gasteiger partial charge is 0.266 e. The summed E-state index contributed by atoms with van der Waals surface area (Å²) >= 11 is 1.28. The minimum Gasteiger partial charge on any atom is -0.325 e. The van der Waals surface area contributed by atoms with Gasteiger partial charge < -0.3 is 5.32 Å². The van der Waals surface area contributed by atoms with Crippen molar-refractivity contribution in [1.82, 2.24) is 9.55 Å². The molecular formula is C32H31N3O2S. The standard InChI is InChI=1S/C32H31N3O2S/c36-29(33-25-12-10-24(11-13-25)32-17-21-14-22(18-32)16-23(15-21)19-32)20-38-31-34-28-9-5-4-8-27(28)30(37)35(31)26-6-2-1-3-7-26/h1-13,21-23H,14-20H2,(H,33,36). The summed E-state index contributed by atoms with van der Waals surface area (Å²) in [5.74, 6) is 2.78. The zero-order valence-electron chi connectivity index (χ0n) is 21.3. The van der Waals surface area contributed by atoms with E-state index in [1.54, 1.807) is 10.6 Å². The van der Waals surface area contributed by atoms with Crippen molar-refractivity contribution in [3.05, 3.63) is 94.8 Å². The second kappa shape index (κ2) is 9.42. The van der Waals surface area contributed by atoms with Crippen LogP contribution in [0.5, 0.6) is 0 Å². The van der Waals surface area contributed by atoms with Gasteiger partial charge in [0.05, 0.1) is 22.3 Å². The molecule has 0 atom stereocenters. The van der Waals surface area contributed by atoms with Gasteiger partial charge in [-0.05, 0) is 104 Å². The highest BCUT2D eigenvalue weighted by Gasteiger charge is 2.51. The van der Waals surface area contributed by atoms with Crippen LogP contribution in [0.15, 0.2) is 88.8 Å². The van der Waals surface area contributed by atoms with Gasteiger partial charge in [0.2, 0.25) is 5.91 Å². The minimum absolute atomic E-state index is 0.112. The van der Waals surface area contributed by atoms with Crippen molar-refractivity contribution in [1.29, 1.82) is 0 Å². The Labute approximate surface area is 226 Å². The van der Waals surface area contributed by atoms with Crippen LogP contribution in [0, 0.1) is 17.8 Å². The highest BCUT2D eigenvalue weighted by atomic mass is 32.2. The van der Waals surface area contributed by atoms with E-state index in [2.05, 4.69) is 29.6 Å². The zero-order chi connectivity index (χ0) is 25.7. The summed E-state index contributed by atoms with van der Waals surface area (Å²) in [5, 5.41) is 4.12. The fourth-order valence-corrected chi connectivity index (χ4v) is 8.53. The number of amides is 1. The molecule has 0 spiro atoms. The number of fused-ring (bicyclic) bond motifs is 1. The Kier molecular flexibility index (Phi) is 5.88. The highest BCUT2D eigenvalue weighted by Crippen LogP contribution is 2.60. The lowest BCUT2D eigenvalue weighted by molar-refractivity contribution is -0.113. The van der Waals surface area contributed by atoms with Crippen LogP contribution < -0.4 is 10.9 Å². The molecule has 5 nitrogen and oxygen atoms in total. The molecular weight excluding hydrogens is 490 g/mol. The number of nitrogens with one attached hydrogen (secondary N) is 1. The summed E-state index contributed by atoms with van der Waals surface area (Å²) in [4.78, 5) is 31.0. The molecule has 4 aliphatic rings. The number of nitrogens with zero attached hydrogens (tertiary/aromatic N) is 2. The molecule has 4 bridgehead atoms. The summed E-state index contributed by atoms with van der Waals surface area (Å²) in [7, 11) is 0. The van der Waals surface area contributed by atoms with Crippen LogP contribution in [0.1, 0.15) is 44.1 Å². The lowest BCUT2D eigenvalue weighted by Gasteiger charge is -2.57. The van der Waals surface area contributed by atoms with Gasteiger partial charge in [-0.1, -0.05) is 54.2 Å². The topological polar surface area (TPSA) is 64.0 Å². The Balaban J connectivity index is 1.08.